The van der Waals surface area contributed by atoms with E-state index in [0.717, 1.165) is 12.2 Å². The number of nitro groups is 1. The van der Waals surface area contributed by atoms with Crippen molar-refractivity contribution >= 4 is 39.3 Å². The molecule has 0 bridgehead atoms. The van der Waals surface area contributed by atoms with Crippen molar-refractivity contribution < 1.29 is 9.72 Å². The van der Waals surface area contributed by atoms with E-state index in [1.165, 1.54) is 12.1 Å². The maximum absolute atomic E-state index is 12.4. The average Bonchev–Trinajstić information content (AvgIpc) is 2.43. The van der Waals surface area contributed by atoms with E-state index in [1.807, 2.05) is 13.2 Å². The molecule has 0 saturated carbocycles. The van der Waals surface area contributed by atoms with Gasteiger partial charge in [0.05, 0.1) is 10.5 Å². The zero-order valence-corrected chi connectivity index (χ0v) is 14.0. The van der Waals surface area contributed by atoms with Gasteiger partial charge in [-0.25, -0.2) is 0 Å². The van der Waals surface area contributed by atoms with E-state index in [1.54, 1.807) is 29.8 Å². The van der Waals surface area contributed by atoms with Gasteiger partial charge in [-0.2, -0.15) is 11.8 Å². The van der Waals surface area contributed by atoms with Crippen LogP contribution in [-0.4, -0.2) is 40.8 Å². The standard InChI is InChI=1S/C13H17BrN2O3S/c1-9(7-8-20-3)15(2)13(17)10-5-4-6-11(12(10)14)16(18)19/h4-6,9H,7-8H2,1-3H3. The molecule has 1 aromatic carbocycles. The maximum Gasteiger partial charge on any atom is 0.284 e. The fourth-order valence-corrected chi connectivity index (χ4v) is 2.85. The van der Waals surface area contributed by atoms with E-state index in [9.17, 15) is 14.9 Å². The predicted molar refractivity (Wildman–Crippen MR) is 85.4 cm³/mol. The summed E-state index contributed by atoms with van der Waals surface area (Å²) < 4.78 is 0.235. The van der Waals surface area contributed by atoms with Gasteiger partial charge in [-0.1, -0.05) is 6.07 Å². The highest BCUT2D eigenvalue weighted by Crippen LogP contribution is 2.29. The lowest BCUT2D eigenvalue weighted by molar-refractivity contribution is -0.385. The highest BCUT2D eigenvalue weighted by atomic mass is 79.9. The average molecular weight is 361 g/mol. The molecule has 7 heteroatoms. The van der Waals surface area contributed by atoms with E-state index in [2.05, 4.69) is 15.9 Å². The Morgan fingerprint density at radius 3 is 2.75 bits per heavy atom. The Labute approximate surface area is 131 Å². The Morgan fingerprint density at radius 1 is 1.55 bits per heavy atom. The minimum Gasteiger partial charge on any atom is -0.339 e. The van der Waals surface area contributed by atoms with E-state index in [0.29, 0.717) is 5.56 Å². The summed E-state index contributed by atoms with van der Waals surface area (Å²) in [5.74, 6) is 0.753. The fraction of sp³-hybridized carbons (Fsp3) is 0.462. The Kier molecular flexibility index (Phi) is 6.48. The number of carbonyl (C=O) groups is 1. The molecule has 0 aliphatic carbocycles. The molecule has 1 rings (SSSR count). The fourth-order valence-electron chi connectivity index (χ4n) is 1.70. The molecule has 0 fully saturated rings. The van der Waals surface area contributed by atoms with Crippen molar-refractivity contribution in [3.63, 3.8) is 0 Å². The lowest BCUT2D eigenvalue weighted by Crippen LogP contribution is -2.35. The molecule has 0 saturated heterocycles. The van der Waals surface area contributed by atoms with Crippen LogP contribution in [0.4, 0.5) is 5.69 Å². The zero-order valence-electron chi connectivity index (χ0n) is 11.6. The summed E-state index contributed by atoms with van der Waals surface area (Å²) in [5, 5.41) is 10.9. The number of halogens is 1. The Hall–Kier alpha value is -1.08. The minimum absolute atomic E-state index is 0.0844. The van der Waals surface area contributed by atoms with Crippen LogP contribution < -0.4 is 0 Å². The third-order valence-corrected chi connectivity index (χ3v) is 4.60. The number of benzene rings is 1. The summed E-state index contributed by atoms with van der Waals surface area (Å²) in [6.45, 7) is 1.97. The van der Waals surface area contributed by atoms with Crippen LogP contribution in [0.15, 0.2) is 22.7 Å². The van der Waals surface area contributed by atoms with Gasteiger partial charge < -0.3 is 4.90 Å². The monoisotopic (exact) mass is 360 g/mol. The molecule has 1 unspecified atom stereocenters. The van der Waals surface area contributed by atoms with Gasteiger partial charge in [-0.3, -0.25) is 14.9 Å². The minimum atomic E-state index is -0.502. The highest BCUT2D eigenvalue weighted by molar-refractivity contribution is 9.10. The molecule has 0 aliphatic heterocycles. The molecule has 110 valence electrons. The summed E-state index contributed by atoms with van der Waals surface area (Å²) in [6.07, 6.45) is 2.90. The Bertz CT molecular complexity index is 510. The number of rotatable bonds is 6. The van der Waals surface area contributed by atoms with Crippen molar-refractivity contribution in [3.8, 4) is 0 Å². The number of nitro benzene ring substituents is 1. The van der Waals surface area contributed by atoms with Crippen molar-refractivity contribution in [1.82, 2.24) is 4.90 Å². The van der Waals surface area contributed by atoms with Crippen LogP contribution in [0.2, 0.25) is 0 Å². The van der Waals surface area contributed by atoms with Crippen LogP contribution in [0.25, 0.3) is 0 Å². The number of nitrogens with zero attached hydrogens (tertiary/aromatic N) is 2. The summed E-state index contributed by atoms with van der Waals surface area (Å²) >= 11 is 4.89. The number of hydrogen-bond donors (Lipinski definition) is 0. The largest absolute Gasteiger partial charge is 0.339 e. The van der Waals surface area contributed by atoms with Crippen LogP contribution >= 0.6 is 27.7 Å². The van der Waals surface area contributed by atoms with Crippen LogP contribution in [0.1, 0.15) is 23.7 Å². The molecule has 1 aromatic rings. The lowest BCUT2D eigenvalue weighted by atomic mass is 10.1. The van der Waals surface area contributed by atoms with Gasteiger partial charge in [-0.05, 0) is 47.3 Å². The summed E-state index contributed by atoms with van der Waals surface area (Å²) in [5.41, 5.74) is 0.221. The second-order valence-electron chi connectivity index (χ2n) is 4.44. The predicted octanol–water partition coefficient (Wildman–Crippen LogP) is 3.57. The van der Waals surface area contributed by atoms with E-state index in [-0.39, 0.29) is 22.1 Å². The van der Waals surface area contributed by atoms with E-state index >= 15 is 0 Å². The Morgan fingerprint density at radius 2 is 2.20 bits per heavy atom. The normalized spacial score (nSPS) is 12.0. The van der Waals surface area contributed by atoms with Crippen molar-refractivity contribution in [2.24, 2.45) is 0 Å². The summed E-state index contributed by atoms with van der Waals surface area (Å²) in [4.78, 5) is 24.4. The summed E-state index contributed by atoms with van der Waals surface area (Å²) in [6, 6.07) is 4.58. The van der Waals surface area contributed by atoms with Crippen molar-refractivity contribution in [2.75, 3.05) is 19.1 Å². The smallest absolute Gasteiger partial charge is 0.284 e. The Balaban J connectivity index is 2.97. The SMILES string of the molecule is CSCCC(C)N(C)C(=O)c1cccc([N+](=O)[O-])c1Br. The zero-order chi connectivity index (χ0) is 15.3. The first kappa shape index (κ1) is 17.0. The van der Waals surface area contributed by atoms with Crippen LogP contribution in [0.5, 0.6) is 0 Å². The molecule has 1 atom stereocenters. The van der Waals surface area contributed by atoms with Crippen molar-refractivity contribution in [1.29, 1.82) is 0 Å². The second-order valence-corrected chi connectivity index (χ2v) is 6.22. The highest BCUT2D eigenvalue weighted by Gasteiger charge is 2.23. The first-order valence-electron chi connectivity index (χ1n) is 6.09. The first-order valence-corrected chi connectivity index (χ1v) is 8.27. The summed E-state index contributed by atoms with van der Waals surface area (Å²) in [7, 11) is 1.72. The third kappa shape index (κ3) is 3.96. The molecule has 0 spiro atoms. The molecule has 0 radical (unpaired) electrons. The number of carbonyl (C=O) groups excluding carboxylic acids is 1. The van der Waals surface area contributed by atoms with Crippen LogP contribution in [-0.2, 0) is 0 Å². The van der Waals surface area contributed by atoms with Gasteiger partial charge in [0, 0.05) is 19.2 Å². The van der Waals surface area contributed by atoms with Crippen LogP contribution in [0.3, 0.4) is 0 Å². The second kappa shape index (κ2) is 7.64. The molecule has 1 amide bonds. The van der Waals surface area contributed by atoms with E-state index in [4.69, 9.17) is 0 Å². The molecular weight excluding hydrogens is 344 g/mol. The van der Waals surface area contributed by atoms with Gasteiger partial charge in [0.15, 0.2) is 0 Å². The van der Waals surface area contributed by atoms with Crippen LogP contribution in [0, 0.1) is 10.1 Å². The number of hydrogen-bond acceptors (Lipinski definition) is 4. The van der Waals surface area contributed by atoms with Gasteiger partial charge >= 0.3 is 0 Å². The number of thioether (sulfide) groups is 1. The molecule has 0 heterocycles. The third-order valence-electron chi connectivity index (χ3n) is 3.13. The maximum atomic E-state index is 12.4. The van der Waals surface area contributed by atoms with Gasteiger partial charge in [0.2, 0.25) is 0 Å². The quantitative estimate of drug-likeness (QED) is 0.574. The van der Waals surface area contributed by atoms with Crippen molar-refractivity contribution in [3.05, 3.63) is 38.3 Å². The van der Waals surface area contributed by atoms with Gasteiger partial charge in [0.1, 0.15) is 4.47 Å². The van der Waals surface area contributed by atoms with Gasteiger partial charge in [-0.15, -0.1) is 0 Å². The molecule has 0 aliphatic rings. The molecule has 0 aromatic heterocycles. The molecular formula is C13H17BrN2O3S. The lowest BCUT2D eigenvalue weighted by Gasteiger charge is -2.25. The number of amides is 1. The topological polar surface area (TPSA) is 63.5 Å². The van der Waals surface area contributed by atoms with Crippen molar-refractivity contribution in [2.45, 2.75) is 19.4 Å². The molecule has 0 N–H and O–H groups in total. The molecule has 20 heavy (non-hydrogen) atoms. The molecule has 5 nitrogen and oxygen atoms in total. The first-order chi connectivity index (χ1) is 9.40. The van der Waals surface area contributed by atoms with Gasteiger partial charge in [0.25, 0.3) is 11.6 Å². The van der Waals surface area contributed by atoms with E-state index < -0.39 is 4.92 Å².